The van der Waals surface area contributed by atoms with E-state index in [-0.39, 0.29) is 17.7 Å². The van der Waals surface area contributed by atoms with Gasteiger partial charge in [0.25, 0.3) is 11.8 Å². The zero-order valence-electron chi connectivity index (χ0n) is 43.8. The Kier molecular flexibility index (Phi) is 44.5. The molecule has 380 valence electrons. The number of piperidine rings is 1. The first-order valence-corrected chi connectivity index (χ1v) is 23.0. The van der Waals surface area contributed by atoms with Gasteiger partial charge in [-0.1, -0.05) is 31.3 Å². The summed E-state index contributed by atoms with van der Waals surface area (Å²) in [6, 6.07) is 20.2. The largest absolute Gasteiger partial charge is 0.484 e. The van der Waals surface area contributed by atoms with Gasteiger partial charge < -0.3 is 25.6 Å². The number of hydrogen-bond acceptors (Lipinski definition) is 7. The first kappa shape index (κ1) is 66.2. The molecule has 0 aliphatic carbocycles. The van der Waals surface area contributed by atoms with Crippen LogP contribution in [0.2, 0.25) is 0 Å². The van der Waals surface area contributed by atoms with E-state index < -0.39 is 0 Å². The molecule has 0 spiro atoms. The van der Waals surface area contributed by atoms with Gasteiger partial charge in [-0.3, -0.25) is 31.2 Å². The Morgan fingerprint density at radius 2 is 1.05 bits per heavy atom. The predicted molar refractivity (Wildman–Crippen MR) is 311 cm³/mol. The van der Waals surface area contributed by atoms with Gasteiger partial charge in [-0.2, -0.15) is 48.1 Å². The van der Waals surface area contributed by atoms with Crippen LogP contribution < -0.4 is 20.7 Å². The number of aromatic nitrogens is 1. The summed E-state index contributed by atoms with van der Waals surface area (Å²) in [6.45, 7) is 12.9. The van der Waals surface area contributed by atoms with Gasteiger partial charge in [0.15, 0.2) is 0 Å². The Balaban J connectivity index is 0.00000149. The van der Waals surface area contributed by atoms with Crippen LogP contribution in [0.4, 0.5) is 0 Å². The van der Waals surface area contributed by atoms with Crippen molar-refractivity contribution in [3.05, 3.63) is 117 Å². The quantitative estimate of drug-likeness (QED) is 0.164. The molecule has 1 saturated heterocycles. The molecule has 10 nitrogen and oxygen atoms in total. The van der Waals surface area contributed by atoms with E-state index in [1.54, 1.807) is 75.7 Å². The number of ether oxygens (including phenoxy) is 1. The van der Waals surface area contributed by atoms with E-state index in [1.807, 2.05) is 31.7 Å². The maximum atomic E-state index is 11.5. The summed E-state index contributed by atoms with van der Waals surface area (Å²) in [6.07, 6.45) is 18.0. The fourth-order valence-electron chi connectivity index (χ4n) is 4.10. The normalized spacial score (nSPS) is 8.15. The first-order valence-electron chi connectivity index (χ1n) is 23.0. The van der Waals surface area contributed by atoms with Gasteiger partial charge in [0.05, 0.1) is 0 Å². The zero-order chi connectivity index (χ0) is 57.6. The van der Waals surface area contributed by atoms with E-state index in [9.17, 15) is 14.4 Å². The first-order chi connectivity index (χ1) is 38.8. The van der Waals surface area contributed by atoms with Crippen LogP contribution in [-0.2, 0) is 9.59 Å². The second kappa shape index (κ2) is 53.1. The standard InChI is InChI=1S/C42H17N2O2.C18H15N2O.C5H5N.C4H9NO/c1-4-6-8-10-12-16-20-24-28-36-44(37-29-25-21-17-13-11-9-7-5-2)38-30-26-22-18-14-15-19-23-27-31-39-46-41-34-32-40(33-35-41)42(45)43-3;1-19-18(21)14-10-7-5-3-2-4-6-8-11-15-20-16-12-9-13-17-20;1-2-4-6-5-3-1;1-3-4(6)5-2/h4-7,32-35,39H,1-2H2,3H3,(H,43,45);15H,9,12-13,16-17H2,1H3,(H,19,21);1-5H;3H2,1-2H3,(H,5,6)/q-3;-1;;. The summed E-state index contributed by atoms with van der Waals surface area (Å²) in [4.78, 5) is 39.5. The molecule has 10 heteroatoms. The van der Waals surface area contributed by atoms with Gasteiger partial charge in [0.1, 0.15) is 5.75 Å². The summed E-state index contributed by atoms with van der Waals surface area (Å²) in [5, 5.41) is 7.38. The lowest BCUT2D eigenvalue weighted by Gasteiger charge is -2.28. The van der Waals surface area contributed by atoms with Crippen molar-refractivity contribution in [2.45, 2.75) is 32.6 Å². The van der Waals surface area contributed by atoms with E-state index in [0.717, 1.165) is 18.0 Å². The highest BCUT2D eigenvalue weighted by Crippen LogP contribution is 2.12. The van der Waals surface area contributed by atoms with Crippen LogP contribution in [0.3, 0.4) is 0 Å². The molecular weight excluding hydrogens is 977 g/mol. The molecule has 2 heterocycles. The number of hydrogen-bond donors (Lipinski definition) is 3. The van der Waals surface area contributed by atoms with Gasteiger partial charge in [0, 0.05) is 117 Å². The molecule has 0 bridgehead atoms. The number of carbonyl (C=O) groups is 3. The number of allylic oxidation sites excluding steroid dienone is 3. The van der Waals surface area contributed by atoms with Crippen molar-refractivity contribution in [1.29, 1.82) is 0 Å². The number of nitrogens with one attached hydrogen (secondary N) is 3. The number of carbonyl (C=O) groups excluding carboxylic acids is 3. The fraction of sp³-hybridized carbons (Fsp3) is 0.145. The molecule has 3 N–H and O–H groups in total. The van der Waals surface area contributed by atoms with Gasteiger partial charge >= 0.3 is 0 Å². The molecule has 2 aromatic rings. The maximum Gasteiger partial charge on any atom is 0.296 e. The summed E-state index contributed by atoms with van der Waals surface area (Å²) in [5.41, 5.74) is 0.524. The zero-order valence-corrected chi connectivity index (χ0v) is 43.8. The van der Waals surface area contributed by atoms with Crippen molar-refractivity contribution in [3.8, 4) is 219 Å². The van der Waals surface area contributed by atoms with Crippen molar-refractivity contribution < 1.29 is 19.1 Å². The molecule has 1 fully saturated rings. The smallest absolute Gasteiger partial charge is 0.296 e. The molecule has 1 aliphatic heterocycles. The minimum atomic E-state index is -0.378. The summed E-state index contributed by atoms with van der Waals surface area (Å²) in [5.74, 6) is 84.3. The molecular formula is C69H46N6O4-4. The molecule has 1 aromatic carbocycles. The molecule has 0 atom stereocenters. The lowest BCUT2D eigenvalue weighted by Crippen LogP contribution is -2.26. The summed E-state index contributed by atoms with van der Waals surface area (Å²) < 4.78 is 5.34. The van der Waals surface area contributed by atoms with E-state index in [0.29, 0.717) is 17.7 Å². The summed E-state index contributed by atoms with van der Waals surface area (Å²) in [7, 11) is 4.70. The van der Waals surface area contributed by atoms with Gasteiger partial charge in [0.2, 0.25) is 5.91 Å². The van der Waals surface area contributed by atoms with Gasteiger partial charge in [-0.25, -0.2) is 23.7 Å². The summed E-state index contributed by atoms with van der Waals surface area (Å²) >= 11 is 0. The van der Waals surface area contributed by atoms with Crippen LogP contribution in [0.25, 0.3) is 0 Å². The van der Waals surface area contributed by atoms with E-state index in [1.165, 1.54) is 32.6 Å². The molecule has 3 amide bonds. The second-order valence-corrected chi connectivity index (χ2v) is 13.0. The highest BCUT2D eigenvalue weighted by atomic mass is 16.5. The highest BCUT2D eigenvalue weighted by molar-refractivity contribution is 5.94. The Morgan fingerprint density at radius 1 is 0.595 bits per heavy atom. The molecule has 1 aromatic heterocycles. The number of rotatable bonds is 7. The third-order valence-corrected chi connectivity index (χ3v) is 7.56. The predicted octanol–water partition coefficient (Wildman–Crippen LogP) is 4.36. The topological polar surface area (TPSA) is 116 Å². The number of nitrogens with zero attached hydrogens (tertiary/aromatic N) is 3. The van der Waals surface area contributed by atoms with E-state index in [4.69, 9.17) is 4.74 Å². The van der Waals surface area contributed by atoms with Gasteiger partial charge in [-0.05, 0) is 139 Å². The van der Waals surface area contributed by atoms with Crippen LogP contribution in [0.5, 0.6) is 5.75 Å². The second-order valence-electron chi connectivity index (χ2n) is 13.0. The number of likely N-dealkylation sites (tertiary alicyclic amines) is 1. The third kappa shape index (κ3) is 46.1. The molecule has 79 heavy (non-hydrogen) atoms. The molecule has 0 saturated carbocycles. The molecule has 0 radical (unpaired) electrons. The Morgan fingerprint density at radius 3 is 1.46 bits per heavy atom. The highest BCUT2D eigenvalue weighted by Gasteiger charge is 2.03. The van der Waals surface area contributed by atoms with Crippen molar-refractivity contribution in [2.24, 2.45) is 0 Å². The Bertz CT molecular complexity index is 3530. The van der Waals surface area contributed by atoms with Crippen molar-refractivity contribution in [2.75, 3.05) is 34.2 Å². The van der Waals surface area contributed by atoms with E-state index >= 15 is 0 Å². The Labute approximate surface area is 469 Å². The van der Waals surface area contributed by atoms with Crippen LogP contribution in [-0.4, -0.2) is 66.7 Å². The fourth-order valence-corrected chi connectivity index (χ4v) is 4.10. The van der Waals surface area contributed by atoms with E-state index in [2.05, 4.69) is 259 Å². The van der Waals surface area contributed by atoms with Crippen molar-refractivity contribution >= 4 is 17.7 Å². The Hall–Kier alpha value is -12.8. The third-order valence-electron chi connectivity index (χ3n) is 7.56. The van der Waals surface area contributed by atoms with Crippen LogP contribution in [0.15, 0.2) is 86.4 Å². The monoisotopic (exact) mass is 1020 g/mol. The average molecular weight is 1020 g/mol. The number of benzene rings is 1. The van der Waals surface area contributed by atoms with Crippen molar-refractivity contribution in [3.63, 3.8) is 0 Å². The SMILES string of the molecule is C=C[CH-]C#CC#CC#CC#CN(C#CC#CC#CC#CC#C[C-]=COc1ccc(C(=O)NC)cc1)C#CC#CC#CC#C[CH-]C=C.CCC(=O)NC.CNC(=O)C#CC#CC#CC#CC#C[CH-]N1CCCCC1.c1ccncc1. The van der Waals surface area contributed by atoms with Crippen LogP contribution >= 0.6 is 0 Å². The lowest BCUT2D eigenvalue weighted by molar-refractivity contribution is -0.120. The van der Waals surface area contributed by atoms with Crippen LogP contribution in [0, 0.1) is 239 Å². The molecule has 1 aliphatic rings. The molecule has 3 rings (SSSR count). The minimum absolute atomic E-state index is 0.0926. The van der Waals surface area contributed by atoms with Crippen molar-refractivity contribution in [1.82, 2.24) is 30.7 Å². The number of pyridine rings is 1. The molecule has 0 unspecified atom stereocenters. The van der Waals surface area contributed by atoms with Gasteiger partial charge in [-0.15, -0.1) is 31.2 Å². The number of amides is 3. The lowest BCUT2D eigenvalue weighted by atomic mass is 10.1. The van der Waals surface area contributed by atoms with Crippen LogP contribution in [0.1, 0.15) is 43.0 Å². The minimum Gasteiger partial charge on any atom is -0.484 e. The maximum absolute atomic E-state index is 11.5. The average Bonchev–Trinajstić information content (AvgIpc) is 3.49.